The number of carbonyl (C=O) groups is 1. The SMILES string of the molecule is CCN(CC)CC1(C(=O)N2CC=C(c3cc4c(Nc5ccc6ncsc6c5)ccnc4[nH]3)CC2)CC1. The maximum absolute atomic E-state index is 13.4. The summed E-state index contributed by atoms with van der Waals surface area (Å²) in [5.74, 6) is 0.340. The third-order valence-electron chi connectivity index (χ3n) is 7.71. The molecule has 36 heavy (non-hydrogen) atoms. The monoisotopic (exact) mass is 500 g/mol. The summed E-state index contributed by atoms with van der Waals surface area (Å²) in [7, 11) is 0. The summed E-state index contributed by atoms with van der Waals surface area (Å²) < 4.78 is 1.16. The van der Waals surface area contributed by atoms with Crippen molar-refractivity contribution in [2.75, 3.05) is 38.0 Å². The largest absolute Gasteiger partial charge is 0.355 e. The van der Waals surface area contributed by atoms with E-state index in [-0.39, 0.29) is 5.41 Å². The number of anilines is 2. The van der Waals surface area contributed by atoms with Crippen molar-refractivity contribution in [1.29, 1.82) is 0 Å². The number of aromatic amines is 1. The van der Waals surface area contributed by atoms with Gasteiger partial charge in [0.25, 0.3) is 0 Å². The number of aromatic nitrogens is 3. The van der Waals surface area contributed by atoms with Crippen molar-refractivity contribution in [2.45, 2.75) is 33.1 Å². The zero-order chi connectivity index (χ0) is 24.7. The van der Waals surface area contributed by atoms with Crippen molar-refractivity contribution in [2.24, 2.45) is 5.41 Å². The summed E-state index contributed by atoms with van der Waals surface area (Å²) in [6.45, 7) is 8.70. The molecule has 2 aliphatic rings. The Morgan fingerprint density at radius 1 is 1.19 bits per heavy atom. The van der Waals surface area contributed by atoms with Crippen molar-refractivity contribution >= 4 is 55.4 Å². The van der Waals surface area contributed by atoms with Gasteiger partial charge in [0.15, 0.2) is 0 Å². The molecule has 1 saturated carbocycles. The Morgan fingerprint density at radius 2 is 2.06 bits per heavy atom. The van der Waals surface area contributed by atoms with Crippen molar-refractivity contribution in [3.05, 3.63) is 53.8 Å². The van der Waals surface area contributed by atoms with Gasteiger partial charge in [-0.15, -0.1) is 11.3 Å². The van der Waals surface area contributed by atoms with Crippen molar-refractivity contribution in [3.63, 3.8) is 0 Å². The second kappa shape index (κ2) is 9.33. The minimum atomic E-state index is -0.148. The summed E-state index contributed by atoms with van der Waals surface area (Å²) in [6, 6.07) is 10.4. The van der Waals surface area contributed by atoms with Crippen molar-refractivity contribution in [3.8, 4) is 0 Å². The van der Waals surface area contributed by atoms with Crippen LogP contribution in [0.5, 0.6) is 0 Å². The molecule has 0 atom stereocenters. The highest BCUT2D eigenvalue weighted by molar-refractivity contribution is 7.16. The van der Waals surface area contributed by atoms with E-state index in [1.165, 1.54) is 5.57 Å². The molecule has 8 heteroatoms. The standard InChI is InChI=1S/C28H32N6OS/c1-3-33(4-2)17-28(10-11-28)27(35)34-13-8-19(9-14-34)24-16-21-22(7-12-29-26(21)32-24)31-20-5-6-23-25(15-20)36-18-30-23/h5-8,12,15-16,18H,3-4,9-11,13-14,17H2,1-2H3,(H2,29,31,32). The van der Waals surface area contributed by atoms with Gasteiger partial charge in [-0.25, -0.2) is 9.97 Å². The molecular formula is C28H32N6OS. The molecule has 3 aromatic heterocycles. The van der Waals surface area contributed by atoms with Gasteiger partial charge in [-0.05, 0) is 68.3 Å². The number of thiazole rings is 1. The fraction of sp³-hybridized carbons (Fsp3) is 0.393. The molecule has 0 saturated heterocycles. The first kappa shape index (κ1) is 23.2. The zero-order valence-electron chi connectivity index (χ0n) is 20.9. The summed E-state index contributed by atoms with van der Waals surface area (Å²) in [4.78, 5) is 30.2. The minimum Gasteiger partial charge on any atom is -0.355 e. The highest BCUT2D eigenvalue weighted by Gasteiger charge is 2.52. The van der Waals surface area contributed by atoms with Crippen molar-refractivity contribution in [1.82, 2.24) is 24.8 Å². The number of nitrogens with one attached hydrogen (secondary N) is 2. The molecule has 1 aliphatic heterocycles. The van der Waals surface area contributed by atoms with Crippen LogP contribution in [0.15, 0.2) is 48.1 Å². The molecule has 1 amide bonds. The molecule has 0 unspecified atom stereocenters. The number of nitrogens with zero attached hydrogens (tertiary/aromatic N) is 4. The molecule has 0 spiro atoms. The van der Waals surface area contributed by atoms with Gasteiger partial charge in [0.05, 0.1) is 26.8 Å². The first-order valence-corrected chi connectivity index (χ1v) is 13.8. The Bertz CT molecular complexity index is 1440. The molecule has 186 valence electrons. The lowest BCUT2D eigenvalue weighted by molar-refractivity contribution is -0.137. The van der Waals surface area contributed by atoms with E-state index in [1.54, 1.807) is 11.3 Å². The van der Waals surface area contributed by atoms with E-state index >= 15 is 0 Å². The Kier molecular flexibility index (Phi) is 6.01. The van der Waals surface area contributed by atoms with Crippen LogP contribution in [0.2, 0.25) is 0 Å². The highest BCUT2D eigenvalue weighted by Crippen LogP contribution is 2.48. The lowest BCUT2D eigenvalue weighted by Crippen LogP contribution is -2.44. The van der Waals surface area contributed by atoms with Gasteiger partial charge < -0.3 is 20.1 Å². The average molecular weight is 501 g/mol. The van der Waals surface area contributed by atoms with E-state index in [1.807, 2.05) is 23.8 Å². The first-order valence-electron chi connectivity index (χ1n) is 12.9. The average Bonchev–Trinajstić information content (AvgIpc) is 3.32. The molecule has 4 aromatic rings. The summed E-state index contributed by atoms with van der Waals surface area (Å²) >= 11 is 1.64. The van der Waals surface area contributed by atoms with Gasteiger partial charge in [0.2, 0.25) is 5.91 Å². The third-order valence-corrected chi connectivity index (χ3v) is 8.50. The van der Waals surface area contributed by atoms with Crippen LogP contribution >= 0.6 is 11.3 Å². The number of fused-ring (bicyclic) bond motifs is 2. The van der Waals surface area contributed by atoms with Gasteiger partial charge in [-0.2, -0.15) is 0 Å². The first-order chi connectivity index (χ1) is 17.6. The van der Waals surface area contributed by atoms with Crippen molar-refractivity contribution < 1.29 is 4.79 Å². The topological polar surface area (TPSA) is 77.2 Å². The number of H-pyrrole nitrogens is 1. The smallest absolute Gasteiger partial charge is 0.230 e. The predicted octanol–water partition coefficient (Wildman–Crippen LogP) is 5.65. The number of rotatable bonds is 8. The normalized spacial score (nSPS) is 17.1. The molecule has 1 aromatic carbocycles. The number of carbonyl (C=O) groups excluding carboxylic acids is 1. The van der Waals surface area contributed by atoms with Gasteiger partial charge >= 0.3 is 0 Å². The van der Waals surface area contributed by atoms with Gasteiger partial charge in [0.1, 0.15) is 5.65 Å². The maximum Gasteiger partial charge on any atom is 0.230 e. The fourth-order valence-corrected chi connectivity index (χ4v) is 6.01. The fourth-order valence-electron chi connectivity index (χ4n) is 5.30. The minimum absolute atomic E-state index is 0.148. The summed E-state index contributed by atoms with van der Waals surface area (Å²) in [6.07, 6.45) is 6.94. The van der Waals surface area contributed by atoms with Crippen LogP contribution in [0.3, 0.4) is 0 Å². The predicted molar refractivity (Wildman–Crippen MR) is 148 cm³/mol. The number of hydrogen-bond donors (Lipinski definition) is 2. The molecule has 1 fully saturated rings. The quantitative estimate of drug-likeness (QED) is 0.327. The Hall–Kier alpha value is -3.23. The second-order valence-corrected chi connectivity index (χ2v) is 10.8. The molecule has 6 rings (SSSR count). The van der Waals surface area contributed by atoms with E-state index in [2.05, 4.69) is 68.2 Å². The van der Waals surface area contributed by atoms with E-state index < -0.39 is 0 Å². The summed E-state index contributed by atoms with van der Waals surface area (Å²) in [5, 5.41) is 4.62. The van der Waals surface area contributed by atoms with Gasteiger partial charge in [-0.3, -0.25) is 4.79 Å². The van der Waals surface area contributed by atoms with Gasteiger partial charge in [0, 0.05) is 42.6 Å². The van der Waals surface area contributed by atoms with E-state index in [9.17, 15) is 4.79 Å². The third kappa shape index (κ3) is 4.29. The van der Waals surface area contributed by atoms with Crippen LogP contribution in [0.25, 0.3) is 26.8 Å². The van der Waals surface area contributed by atoms with Crippen LogP contribution in [0, 0.1) is 5.41 Å². The van der Waals surface area contributed by atoms with E-state index in [0.29, 0.717) is 12.5 Å². The highest BCUT2D eigenvalue weighted by atomic mass is 32.1. The molecule has 0 radical (unpaired) electrons. The zero-order valence-corrected chi connectivity index (χ0v) is 21.7. The maximum atomic E-state index is 13.4. The Balaban J connectivity index is 1.18. The van der Waals surface area contributed by atoms with E-state index in [0.717, 1.165) is 83.8 Å². The number of benzene rings is 1. The van der Waals surface area contributed by atoms with Crippen LogP contribution < -0.4 is 5.32 Å². The number of pyridine rings is 1. The van der Waals surface area contributed by atoms with Gasteiger partial charge in [-0.1, -0.05) is 19.9 Å². The summed E-state index contributed by atoms with van der Waals surface area (Å²) in [5.41, 5.74) is 8.00. The van der Waals surface area contributed by atoms with E-state index in [4.69, 9.17) is 0 Å². The van der Waals surface area contributed by atoms with Crippen LogP contribution in [0.1, 0.15) is 38.8 Å². The lowest BCUT2D eigenvalue weighted by atomic mass is 10.00. The Labute approximate surface area is 215 Å². The molecule has 0 bridgehead atoms. The van der Waals surface area contributed by atoms with Crippen LogP contribution in [-0.4, -0.2) is 63.4 Å². The van der Waals surface area contributed by atoms with Crippen LogP contribution in [0.4, 0.5) is 11.4 Å². The lowest BCUT2D eigenvalue weighted by Gasteiger charge is -2.32. The Morgan fingerprint density at radius 3 is 2.81 bits per heavy atom. The second-order valence-electron chi connectivity index (χ2n) is 9.94. The number of amides is 1. The molecule has 2 N–H and O–H groups in total. The molecular weight excluding hydrogens is 468 g/mol. The van der Waals surface area contributed by atoms with Crippen LogP contribution in [-0.2, 0) is 4.79 Å². The molecule has 4 heterocycles. The molecule has 1 aliphatic carbocycles. The molecule has 7 nitrogen and oxygen atoms in total. The number of hydrogen-bond acceptors (Lipinski definition) is 6.